The zero-order valence-corrected chi connectivity index (χ0v) is 32.4. The van der Waals surface area contributed by atoms with E-state index in [0.29, 0.717) is 12.8 Å². The van der Waals surface area contributed by atoms with Gasteiger partial charge in [0.2, 0.25) is 0 Å². The van der Waals surface area contributed by atoms with E-state index in [4.69, 9.17) is 4.42 Å². The fourth-order valence-electron chi connectivity index (χ4n) is 8.30. The van der Waals surface area contributed by atoms with Gasteiger partial charge in [-0.05, 0) is 84.3 Å². The average molecular weight is 754 g/mol. The fraction of sp³-hybridized carbons (Fsp3) is 0.213. The van der Waals surface area contributed by atoms with Crippen molar-refractivity contribution in [3.05, 3.63) is 139 Å². The quantitative estimate of drug-likeness (QED) is 0.131. The third-order valence-corrected chi connectivity index (χ3v) is 10.8. The van der Waals surface area contributed by atoms with E-state index in [1.807, 2.05) is 79.0 Å². The molecule has 10 rings (SSSR count). The highest BCUT2D eigenvalue weighted by Gasteiger charge is 2.37. The Morgan fingerprint density at radius 3 is 1.75 bits per heavy atom. The number of benzene rings is 2. The van der Waals surface area contributed by atoms with Gasteiger partial charge in [0.05, 0.1) is 57.6 Å². The van der Waals surface area contributed by atoms with E-state index in [2.05, 4.69) is 69.3 Å². The lowest BCUT2D eigenvalue weighted by atomic mass is 9.76. The molecule has 2 aliphatic rings. The monoisotopic (exact) mass is 753 g/mol. The van der Waals surface area contributed by atoms with Crippen LogP contribution < -0.4 is 10.6 Å². The van der Waals surface area contributed by atoms with Crippen LogP contribution in [0, 0.1) is 10.8 Å². The molecule has 0 saturated heterocycles. The first-order valence-electron chi connectivity index (χ1n) is 19.2. The number of anilines is 4. The number of rotatable bonds is 6. The topological polar surface area (TPSA) is 142 Å². The van der Waals surface area contributed by atoms with Crippen LogP contribution in [0.15, 0.2) is 121 Å². The largest absolute Gasteiger partial charge is 0.464 e. The van der Waals surface area contributed by atoms with Crippen LogP contribution >= 0.6 is 0 Å². The molecule has 0 spiro atoms. The Labute approximate surface area is 330 Å². The normalized spacial score (nSPS) is 15.4. The van der Waals surface area contributed by atoms with Crippen LogP contribution in [-0.2, 0) is 12.8 Å². The van der Waals surface area contributed by atoms with E-state index in [0.717, 1.165) is 102 Å². The fourth-order valence-corrected chi connectivity index (χ4v) is 8.30. The maximum Gasteiger partial charge on any atom is 0.167 e. The number of carbonyl (C=O) groups excluding carboxylic acids is 2. The van der Waals surface area contributed by atoms with E-state index in [-0.39, 0.29) is 22.4 Å². The number of hydrogen-bond acceptors (Lipinski definition) is 8. The number of pyridine rings is 3. The van der Waals surface area contributed by atoms with Gasteiger partial charge < -0.3 is 25.0 Å². The molecule has 0 amide bonds. The molecule has 6 aromatic heterocycles. The molecule has 0 fully saturated rings. The van der Waals surface area contributed by atoms with Crippen molar-refractivity contribution >= 4 is 56.2 Å². The van der Waals surface area contributed by atoms with E-state index in [1.165, 1.54) is 0 Å². The number of Topliss-reactive ketones (excluding diaryl/α,β-unsaturated/α-hetero) is 2. The molecule has 10 heteroatoms. The van der Waals surface area contributed by atoms with Crippen LogP contribution in [0.5, 0.6) is 0 Å². The van der Waals surface area contributed by atoms with Gasteiger partial charge in [0.1, 0.15) is 5.58 Å². The summed E-state index contributed by atoms with van der Waals surface area (Å²) >= 11 is 0. The lowest BCUT2D eigenvalue weighted by molar-refractivity contribution is 0.0903. The van der Waals surface area contributed by atoms with Crippen LogP contribution in [0.1, 0.15) is 72.6 Å². The summed E-state index contributed by atoms with van der Waals surface area (Å²) in [7, 11) is 0. The molecule has 2 aliphatic carbocycles. The van der Waals surface area contributed by atoms with Crippen LogP contribution in [0.2, 0.25) is 0 Å². The summed E-state index contributed by atoms with van der Waals surface area (Å²) in [6.45, 7) is 8.56. The maximum absolute atomic E-state index is 13.1. The molecule has 0 atom stereocenters. The van der Waals surface area contributed by atoms with Crippen molar-refractivity contribution in [1.82, 2.24) is 24.9 Å². The Hall–Kier alpha value is -6.81. The van der Waals surface area contributed by atoms with Gasteiger partial charge in [0, 0.05) is 76.6 Å². The van der Waals surface area contributed by atoms with Crippen LogP contribution in [0.3, 0.4) is 0 Å². The van der Waals surface area contributed by atoms with Gasteiger partial charge in [-0.25, -0.2) is 0 Å². The first kappa shape index (κ1) is 35.9. The number of hydrogen-bond donors (Lipinski definition) is 4. The minimum absolute atomic E-state index is 0.0442. The van der Waals surface area contributed by atoms with Crippen LogP contribution in [-0.4, -0.2) is 36.5 Å². The molecule has 8 aromatic rings. The lowest BCUT2D eigenvalue weighted by Gasteiger charge is -2.28. The Balaban J connectivity index is 0.000000148. The van der Waals surface area contributed by atoms with Gasteiger partial charge in [0.15, 0.2) is 11.6 Å². The first-order valence-corrected chi connectivity index (χ1v) is 19.2. The average Bonchev–Trinajstić information content (AvgIpc) is 3.90. The molecule has 57 heavy (non-hydrogen) atoms. The molecule has 10 nitrogen and oxygen atoms in total. The molecule has 0 bridgehead atoms. The molecule has 0 radical (unpaired) electrons. The summed E-state index contributed by atoms with van der Waals surface area (Å²) in [6, 6.07) is 25.8. The van der Waals surface area contributed by atoms with Gasteiger partial charge >= 0.3 is 0 Å². The number of H-pyrrole nitrogens is 2. The van der Waals surface area contributed by atoms with E-state index in [9.17, 15) is 9.59 Å². The molecular weight excluding hydrogens is 711 g/mol. The number of fused-ring (bicyclic) bond motifs is 4. The molecule has 284 valence electrons. The zero-order chi connectivity index (χ0) is 39.3. The molecule has 0 unspecified atom stereocenters. The van der Waals surface area contributed by atoms with Crippen molar-refractivity contribution < 1.29 is 14.0 Å². The number of nitrogens with one attached hydrogen (secondary N) is 4. The van der Waals surface area contributed by atoms with Gasteiger partial charge in [0.25, 0.3) is 0 Å². The number of nitrogens with zero attached hydrogens (tertiary/aromatic N) is 3. The third-order valence-electron chi connectivity index (χ3n) is 10.8. The summed E-state index contributed by atoms with van der Waals surface area (Å²) in [5.41, 5.74) is 12.5. The van der Waals surface area contributed by atoms with Crippen LogP contribution in [0.25, 0.3) is 44.4 Å². The lowest BCUT2D eigenvalue weighted by Crippen LogP contribution is -2.26. The van der Waals surface area contributed by atoms with Gasteiger partial charge in [-0.1, -0.05) is 45.9 Å². The van der Waals surface area contributed by atoms with Crippen molar-refractivity contribution in [2.24, 2.45) is 10.8 Å². The summed E-state index contributed by atoms with van der Waals surface area (Å²) in [5, 5.41) is 9.07. The van der Waals surface area contributed by atoms with E-state index in [1.54, 1.807) is 31.1 Å². The smallest absolute Gasteiger partial charge is 0.167 e. The molecule has 0 saturated carbocycles. The van der Waals surface area contributed by atoms with Crippen molar-refractivity contribution in [1.29, 1.82) is 0 Å². The summed E-state index contributed by atoms with van der Waals surface area (Å²) in [5.74, 6) is 0.346. The molecule has 6 heterocycles. The Bertz CT molecular complexity index is 2790. The standard InChI is InChI=1S/C24H22N4O.C23H21N3O2/c1-24(2)12-19-21(20(29)13-24)23(22(28-19)15-7-9-25-10-8-15)27-17-11-16-5-3-4-6-18(16)26-14-17;1-23(2)12-17-20(18(27)13-23)22(21(26-17)14-5-8-24-9-6-14)25-16-3-4-19-15(11-16)7-10-28-19/h3-11,14,27-28H,12-13H2,1-2H3;3-11,25-26H,12-13H2,1-2H3. The van der Waals surface area contributed by atoms with Gasteiger partial charge in [-0.3, -0.25) is 24.5 Å². The number of furan rings is 1. The highest BCUT2D eigenvalue weighted by atomic mass is 16.3. The number of ketones is 2. The highest BCUT2D eigenvalue weighted by Crippen LogP contribution is 2.45. The number of aromatic nitrogens is 5. The second-order valence-electron chi connectivity index (χ2n) is 16.7. The molecule has 2 aromatic carbocycles. The van der Waals surface area contributed by atoms with E-state index < -0.39 is 0 Å². The summed E-state index contributed by atoms with van der Waals surface area (Å²) in [6.07, 6.45) is 13.3. The van der Waals surface area contributed by atoms with Gasteiger partial charge in [-0.15, -0.1) is 0 Å². The number of aromatic amines is 2. The minimum atomic E-state index is -0.0494. The van der Waals surface area contributed by atoms with Gasteiger partial charge in [-0.2, -0.15) is 0 Å². The molecule has 4 N–H and O–H groups in total. The number of carbonyl (C=O) groups is 2. The second kappa shape index (κ2) is 14.0. The minimum Gasteiger partial charge on any atom is -0.464 e. The highest BCUT2D eigenvalue weighted by molar-refractivity contribution is 6.09. The van der Waals surface area contributed by atoms with Crippen LogP contribution in [0.4, 0.5) is 22.7 Å². The Kier molecular flexibility index (Phi) is 8.84. The van der Waals surface area contributed by atoms with Crippen molar-refractivity contribution in [3.63, 3.8) is 0 Å². The van der Waals surface area contributed by atoms with Crippen molar-refractivity contribution in [2.45, 2.75) is 53.4 Å². The predicted molar refractivity (Wildman–Crippen MR) is 225 cm³/mol. The first-order chi connectivity index (χ1) is 27.5. The maximum atomic E-state index is 13.1. The van der Waals surface area contributed by atoms with Crippen molar-refractivity contribution in [3.8, 4) is 22.5 Å². The SMILES string of the molecule is CC1(C)CC(=O)c2c([nH]c(-c3ccncc3)c2Nc2ccc3occc3c2)C1.CC1(C)CC(=O)c2c([nH]c(-c3ccncc3)c2Nc2cnc3ccccc3c2)C1. The second-order valence-corrected chi connectivity index (χ2v) is 16.7. The zero-order valence-electron chi connectivity index (χ0n) is 32.4. The summed E-state index contributed by atoms with van der Waals surface area (Å²) in [4.78, 5) is 46.0. The summed E-state index contributed by atoms with van der Waals surface area (Å²) < 4.78 is 5.44. The third kappa shape index (κ3) is 7.10. The molecule has 0 aliphatic heterocycles. The van der Waals surface area contributed by atoms with E-state index >= 15 is 0 Å². The predicted octanol–water partition coefficient (Wildman–Crippen LogP) is 11.2. The Morgan fingerprint density at radius 2 is 1.16 bits per heavy atom. The Morgan fingerprint density at radius 1 is 0.614 bits per heavy atom. The van der Waals surface area contributed by atoms with Crippen molar-refractivity contribution in [2.75, 3.05) is 10.6 Å². The number of para-hydroxylation sites is 1. The molecular formula is C47H43N7O3.